The molecule has 0 unspecified atom stereocenters. The normalized spacial score (nSPS) is 14.5. The lowest BCUT2D eigenvalue weighted by Gasteiger charge is -2.34. The van der Waals surface area contributed by atoms with Gasteiger partial charge in [-0.25, -0.2) is 4.39 Å². The van der Waals surface area contributed by atoms with Gasteiger partial charge in [0, 0.05) is 25.3 Å². The number of halogens is 2. The molecule has 8 heteroatoms. The first-order valence-corrected chi connectivity index (χ1v) is 10.3. The van der Waals surface area contributed by atoms with Crippen molar-refractivity contribution in [3.63, 3.8) is 0 Å². The number of hydrogen-bond acceptors (Lipinski definition) is 4. The van der Waals surface area contributed by atoms with E-state index in [2.05, 4.69) is 27.7 Å². The second-order valence-electron chi connectivity index (χ2n) is 7.31. The highest BCUT2D eigenvalue weighted by atomic mass is 35.5. The Morgan fingerprint density at radius 2 is 1.90 bits per heavy atom. The van der Waals surface area contributed by atoms with Gasteiger partial charge in [0.15, 0.2) is 0 Å². The first-order chi connectivity index (χ1) is 15.0. The molecule has 2 heterocycles. The second kappa shape index (κ2) is 9.32. The Balaban J connectivity index is 1.41. The summed E-state index contributed by atoms with van der Waals surface area (Å²) in [5.41, 5.74) is 2.79. The maximum Gasteiger partial charge on any atom is 0.313 e. The van der Waals surface area contributed by atoms with Crippen LogP contribution in [0.15, 0.2) is 65.3 Å². The van der Waals surface area contributed by atoms with Crippen LogP contribution in [0.1, 0.15) is 22.9 Å². The van der Waals surface area contributed by atoms with Crippen LogP contribution in [0, 0.1) is 5.82 Å². The van der Waals surface area contributed by atoms with Crippen LogP contribution in [0.3, 0.4) is 0 Å². The van der Waals surface area contributed by atoms with Gasteiger partial charge in [0.2, 0.25) is 0 Å². The molecule has 0 radical (unpaired) electrons. The Bertz CT molecular complexity index is 1090. The Morgan fingerprint density at radius 1 is 1.10 bits per heavy atom. The van der Waals surface area contributed by atoms with Crippen molar-refractivity contribution in [2.24, 2.45) is 0 Å². The molecule has 1 aliphatic rings. The van der Waals surface area contributed by atoms with Gasteiger partial charge in [0.25, 0.3) is 0 Å². The van der Waals surface area contributed by atoms with Crippen LogP contribution < -0.4 is 10.6 Å². The van der Waals surface area contributed by atoms with Gasteiger partial charge >= 0.3 is 11.8 Å². The molecule has 0 saturated heterocycles. The molecule has 0 aliphatic carbocycles. The number of amides is 2. The fraction of sp³-hybridized carbons (Fsp3) is 0.217. The minimum absolute atomic E-state index is 0.138. The highest BCUT2D eigenvalue weighted by molar-refractivity contribution is 6.39. The van der Waals surface area contributed by atoms with Crippen LogP contribution in [0.4, 0.5) is 10.1 Å². The third kappa shape index (κ3) is 4.95. The summed E-state index contributed by atoms with van der Waals surface area (Å²) < 4.78 is 18.9. The SMILES string of the molecule is O=C(NC[C@@H](c1ccco1)N1CCc2ccccc2C1)C(=O)Nc1ccc(F)c(Cl)c1. The van der Waals surface area contributed by atoms with Gasteiger partial charge in [-0.05, 0) is 47.9 Å². The summed E-state index contributed by atoms with van der Waals surface area (Å²) >= 11 is 5.72. The Labute approximate surface area is 184 Å². The van der Waals surface area contributed by atoms with E-state index in [1.807, 2.05) is 18.2 Å². The van der Waals surface area contributed by atoms with Crippen molar-refractivity contribution < 1.29 is 18.4 Å². The number of rotatable bonds is 5. The number of fused-ring (bicyclic) bond motifs is 1. The van der Waals surface area contributed by atoms with Gasteiger partial charge in [-0.1, -0.05) is 35.9 Å². The monoisotopic (exact) mass is 441 g/mol. The van der Waals surface area contributed by atoms with Crippen LogP contribution in [-0.4, -0.2) is 29.8 Å². The fourth-order valence-corrected chi connectivity index (χ4v) is 3.89. The van der Waals surface area contributed by atoms with Crippen LogP contribution in [0.25, 0.3) is 0 Å². The Morgan fingerprint density at radius 3 is 2.65 bits per heavy atom. The van der Waals surface area contributed by atoms with Gasteiger partial charge in [0.1, 0.15) is 11.6 Å². The summed E-state index contributed by atoms with van der Waals surface area (Å²) in [5.74, 6) is -1.54. The average molecular weight is 442 g/mol. The van der Waals surface area contributed by atoms with Crippen molar-refractivity contribution in [1.82, 2.24) is 10.2 Å². The molecule has 0 saturated carbocycles. The minimum atomic E-state index is -0.857. The van der Waals surface area contributed by atoms with E-state index in [-0.39, 0.29) is 23.3 Å². The van der Waals surface area contributed by atoms with E-state index < -0.39 is 17.6 Å². The topological polar surface area (TPSA) is 74.6 Å². The molecule has 4 rings (SSSR count). The third-order valence-electron chi connectivity index (χ3n) is 5.31. The van der Waals surface area contributed by atoms with Crippen LogP contribution in [-0.2, 0) is 22.6 Å². The third-order valence-corrected chi connectivity index (χ3v) is 5.60. The van der Waals surface area contributed by atoms with Gasteiger partial charge in [-0.2, -0.15) is 0 Å². The molecule has 160 valence electrons. The zero-order valence-corrected chi connectivity index (χ0v) is 17.4. The first-order valence-electron chi connectivity index (χ1n) is 9.90. The highest BCUT2D eigenvalue weighted by Gasteiger charge is 2.28. The molecular weight excluding hydrogens is 421 g/mol. The van der Waals surface area contributed by atoms with Crippen LogP contribution in [0.5, 0.6) is 0 Å². The Hall–Kier alpha value is -3.16. The molecule has 31 heavy (non-hydrogen) atoms. The van der Waals surface area contributed by atoms with Crippen molar-refractivity contribution in [2.45, 2.75) is 19.0 Å². The van der Waals surface area contributed by atoms with E-state index in [1.165, 1.54) is 23.3 Å². The van der Waals surface area contributed by atoms with Crippen molar-refractivity contribution in [3.05, 3.63) is 88.6 Å². The van der Waals surface area contributed by atoms with Crippen molar-refractivity contribution in [2.75, 3.05) is 18.4 Å². The number of anilines is 1. The van der Waals surface area contributed by atoms with Crippen molar-refractivity contribution in [1.29, 1.82) is 0 Å². The summed E-state index contributed by atoms with van der Waals surface area (Å²) in [6, 6.07) is 15.4. The number of nitrogens with zero attached hydrogens (tertiary/aromatic N) is 1. The summed E-state index contributed by atoms with van der Waals surface area (Å²) in [6.45, 7) is 1.72. The second-order valence-corrected chi connectivity index (χ2v) is 7.72. The van der Waals surface area contributed by atoms with Gasteiger partial charge in [-0.15, -0.1) is 0 Å². The van der Waals surface area contributed by atoms with E-state index in [9.17, 15) is 14.0 Å². The quantitative estimate of drug-likeness (QED) is 0.588. The van der Waals surface area contributed by atoms with E-state index in [4.69, 9.17) is 16.0 Å². The fourth-order valence-electron chi connectivity index (χ4n) is 3.71. The maximum absolute atomic E-state index is 13.3. The molecule has 2 N–H and O–H groups in total. The maximum atomic E-state index is 13.3. The van der Waals surface area contributed by atoms with Crippen LogP contribution >= 0.6 is 11.6 Å². The molecular formula is C23H21ClFN3O3. The first kappa shape index (κ1) is 21.1. The smallest absolute Gasteiger partial charge is 0.313 e. The lowest BCUT2D eigenvalue weighted by molar-refractivity contribution is -0.136. The molecule has 1 atom stereocenters. The summed E-state index contributed by atoms with van der Waals surface area (Å²) in [6.07, 6.45) is 2.49. The number of carbonyl (C=O) groups excluding carboxylic acids is 2. The molecule has 1 aliphatic heterocycles. The number of furan rings is 1. The van der Waals surface area contributed by atoms with Crippen LogP contribution in [0.2, 0.25) is 5.02 Å². The lowest BCUT2D eigenvalue weighted by Crippen LogP contribution is -2.43. The molecule has 2 aromatic carbocycles. The van der Waals surface area contributed by atoms with E-state index >= 15 is 0 Å². The van der Waals surface area contributed by atoms with Gasteiger partial charge in [-0.3, -0.25) is 14.5 Å². The summed E-state index contributed by atoms with van der Waals surface area (Å²) in [4.78, 5) is 26.8. The van der Waals surface area contributed by atoms with Crippen molar-refractivity contribution in [3.8, 4) is 0 Å². The summed E-state index contributed by atoms with van der Waals surface area (Å²) in [5, 5.41) is 4.96. The number of benzene rings is 2. The number of carbonyl (C=O) groups is 2. The van der Waals surface area contributed by atoms with Gasteiger partial charge < -0.3 is 15.1 Å². The largest absolute Gasteiger partial charge is 0.468 e. The molecule has 0 fully saturated rings. The van der Waals surface area contributed by atoms with E-state index in [1.54, 1.807) is 12.3 Å². The van der Waals surface area contributed by atoms with Crippen molar-refractivity contribution >= 4 is 29.1 Å². The number of hydrogen-bond donors (Lipinski definition) is 2. The number of nitrogens with one attached hydrogen (secondary N) is 2. The zero-order valence-electron chi connectivity index (χ0n) is 16.6. The predicted molar refractivity (Wildman–Crippen MR) is 115 cm³/mol. The predicted octanol–water partition coefficient (Wildman–Crippen LogP) is 3.93. The molecule has 0 bridgehead atoms. The van der Waals surface area contributed by atoms with E-state index in [0.29, 0.717) is 5.76 Å². The lowest BCUT2D eigenvalue weighted by atomic mass is 9.98. The average Bonchev–Trinajstić information content (AvgIpc) is 3.31. The van der Waals surface area contributed by atoms with E-state index in [0.717, 1.165) is 25.6 Å². The molecule has 2 amide bonds. The zero-order chi connectivity index (χ0) is 21.8. The standard InChI is InChI=1S/C23H21ClFN3O3/c24-18-12-17(7-8-19(18)25)27-23(30)22(29)26-13-20(21-6-3-11-31-21)28-10-9-15-4-1-2-5-16(15)14-28/h1-8,11-12,20H,9-10,13-14H2,(H,26,29)(H,27,30)/t20-/m0/s1. The summed E-state index contributed by atoms with van der Waals surface area (Å²) in [7, 11) is 0. The minimum Gasteiger partial charge on any atom is -0.468 e. The Kier molecular flexibility index (Phi) is 6.34. The molecule has 1 aromatic heterocycles. The van der Waals surface area contributed by atoms with Gasteiger partial charge in [0.05, 0.1) is 17.3 Å². The molecule has 6 nitrogen and oxygen atoms in total. The molecule has 3 aromatic rings. The highest BCUT2D eigenvalue weighted by Crippen LogP contribution is 2.28. The molecule has 0 spiro atoms.